The van der Waals surface area contributed by atoms with E-state index in [-0.39, 0.29) is 18.2 Å². The molecule has 1 atom stereocenters. The van der Waals surface area contributed by atoms with Gasteiger partial charge in [0.2, 0.25) is 5.91 Å². The van der Waals surface area contributed by atoms with Crippen molar-refractivity contribution in [2.24, 2.45) is 5.92 Å². The van der Waals surface area contributed by atoms with E-state index in [4.69, 9.17) is 9.15 Å². The molecule has 0 aliphatic rings. The highest BCUT2D eigenvalue weighted by Crippen LogP contribution is 2.26. The number of hydrogen-bond acceptors (Lipinski definition) is 4. The Hall–Kier alpha value is -2.30. The second-order valence-electron chi connectivity index (χ2n) is 6.59. The number of rotatable bonds is 6. The molecule has 0 spiro atoms. The van der Waals surface area contributed by atoms with Crippen LogP contribution in [-0.4, -0.2) is 25.0 Å². The molecule has 5 heteroatoms. The lowest BCUT2D eigenvalue weighted by Crippen LogP contribution is -2.43. The van der Waals surface area contributed by atoms with Crippen LogP contribution < -0.4 is 5.32 Å². The number of hydrogen-bond donors (Lipinski definition) is 1. The number of amides is 1. The molecule has 24 heavy (non-hydrogen) atoms. The largest absolute Gasteiger partial charge is 0.467 e. The Kier molecular flexibility index (Phi) is 5.65. The molecule has 0 aliphatic carbocycles. The smallest absolute Gasteiger partial charge is 0.328 e. The molecule has 1 aromatic heterocycles. The van der Waals surface area contributed by atoms with Gasteiger partial charge in [-0.05, 0) is 37.3 Å². The Bertz CT molecular complexity index is 745. The van der Waals surface area contributed by atoms with E-state index in [0.29, 0.717) is 6.42 Å². The minimum absolute atomic E-state index is 0.168. The molecule has 1 heterocycles. The first-order valence-corrected chi connectivity index (χ1v) is 8.17. The van der Waals surface area contributed by atoms with E-state index >= 15 is 0 Å². The molecular formula is C19H25NO4. The van der Waals surface area contributed by atoms with Crippen molar-refractivity contribution in [2.45, 2.75) is 46.6 Å². The van der Waals surface area contributed by atoms with E-state index in [1.165, 1.54) is 7.11 Å². The normalized spacial score (nSPS) is 12.4. The van der Waals surface area contributed by atoms with Gasteiger partial charge in [0.25, 0.3) is 0 Å². The number of aryl methyl sites for hydroxylation is 2. The van der Waals surface area contributed by atoms with Crippen molar-refractivity contribution < 1.29 is 18.7 Å². The Morgan fingerprint density at radius 1 is 1.25 bits per heavy atom. The number of nitrogens with one attached hydrogen (secondary N) is 1. The standard InChI is InChI=1S/C19H25NO4/c1-11(2)8-16(19(22)23-5)20-17(21)9-14-10-24-18-13(4)12(3)6-7-15(14)18/h6-7,10-11,16H,8-9H2,1-5H3,(H,20,21). The summed E-state index contributed by atoms with van der Waals surface area (Å²) in [4.78, 5) is 24.2. The monoisotopic (exact) mass is 331 g/mol. The van der Waals surface area contributed by atoms with E-state index in [9.17, 15) is 9.59 Å². The number of methoxy groups -OCH3 is 1. The molecule has 5 nitrogen and oxygen atoms in total. The molecule has 0 aliphatic heterocycles. The second-order valence-corrected chi connectivity index (χ2v) is 6.59. The van der Waals surface area contributed by atoms with Gasteiger partial charge >= 0.3 is 5.97 Å². The van der Waals surface area contributed by atoms with Crippen LogP contribution in [0.5, 0.6) is 0 Å². The van der Waals surface area contributed by atoms with E-state index in [2.05, 4.69) is 5.32 Å². The number of furan rings is 1. The minimum atomic E-state index is -0.621. The van der Waals surface area contributed by atoms with E-state index in [1.54, 1.807) is 6.26 Å². The van der Waals surface area contributed by atoms with Gasteiger partial charge in [-0.15, -0.1) is 0 Å². The lowest BCUT2D eigenvalue weighted by molar-refractivity contribution is -0.145. The van der Waals surface area contributed by atoms with Gasteiger partial charge in [0.1, 0.15) is 11.6 Å². The summed E-state index contributed by atoms with van der Waals surface area (Å²) in [5.74, 6) is -0.359. The van der Waals surface area contributed by atoms with Gasteiger partial charge in [-0.1, -0.05) is 26.0 Å². The van der Waals surface area contributed by atoms with Gasteiger partial charge in [-0.3, -0.25) is 4.79 Å². The zero-order valence-corrected chi connectivity index (χ0v) is 14.9. The molecule has 1 N–H and O–H groups in total. The minimum Gasteiger partial charge on any atom is -0.467 e. The summed E-state index contributed by atoms with van der Waals surface area (Å²) in [5, 5.41) is 3.71. The molecule has 0 bridgehead atoms. The first kappa shape index (κ1) is 18.0. The van der Waals surface area contributed by atoms with Crippen molar-refractivity contribution >= 4 is 22.8 Å². The van der Waals surface area contributed by atoms with Crippen LogP contribution in [0, 0.1) is 19.8 Å². The van der Waals surface area contributed by atoms with Crippen LogP contribution in [-0.2, 0) is 20.7 Å². The first-order valence-electron chi connectivity index (χ1n) is 8.17. The fourth-order valence-corrected chi connectivity index (χ4v) is 2.77. The molecule has 2 rings (SSSR count). The third-order valence-electron chi connectivity index (χ3n) is 4.22. The molecular weight excluding hydrogens is 306 g/mol. The zero-order valence-electron chi connectivity index (χ0n) is 14.9. The molecule has 130 valence electrons. The first-order chi connectivity index (χ1) is 11.3. The maximum Gasteiger partial charge on any atom is 0.328 e. The SMILES string of the molecule is COC(=O)C(CC(C)C)NC(=O)Cc1coc2c(C)c(C)ccc12. The van der Waals surface area contributed by atoms with Gasteiger partial charge in [-0.2, -0.15) is 0 Å². The summed E-state index contributed by atoms with van der Waals surface area (Å²) < 4.78 is 10.4. The summed E-state index contributed by atoms with van der Waals surface area (Å²) in [6.07, 6.45) is 2.33. The predicted octanol–water partition coefficient (Wildman–Crippen LogP) is 3.30. The average Bonchev–Trinajstić information content (AvgIpc) is 2.92. The van der Waals surface area contributed by atoms with Crippen LogP contribution in [0.4, 0.5) is 0 Å². The molecule has 1 amide bonds. The Morgan fingerprint density at radius 3 is 2.58 bits per heavy atom. The summed E-state index contributed by atoms with van der Waals surface area (Å²) in [6.45, 7) is 8.02. The topological polar surface area (TPSA) is 68.5 Å². The van der Waals surface area contributed by atoms with Crippen molar-refractivity contribution in [3.05, 3.63) is 35.1 Å². The van der Waals surface area contributed by atoms with Gasteiger partial charge in [-0.25, -0.2) is 4.79 Å². The maximum atomic E-state index is 12.4. The van der Waals surface area contributed by atoms with E-state index in [0.717, 1.165) is 27.7 Å². The van der Waals surface area contributed by atoms with E-state index < -0.39 is 12.0 Å². The molecule has 1 aromatic carbocycles. The third kappa shape index (κ3) is 3.96. The Labute approximate surface area is 142 Å². The van der Waals surface area contributed by atoms with Gasteiger partial charge < -0.3 is 14.5 Å². The summed E-state index contributed by atoms with van der Waals surface area (Å²) in [6, 6.07) is 3.37. The fourth-order valence-electron chi connectivity index (χ4n) is 2.77. The van der Waals surface area contributed by atoms with Crippen LogP contribution in [0.3, 0.4) is 0 Å². The van der Waals surface area contributed by atoms with E-state index in [1.807, 2.05) is 39.8 Å². The summed E-state index contributed by atoms with van der Waals surface area (Å²) in [7, 11) is 1.33. The lowest BCUT2D eigenvalue weighted by atomic mass is 10.0. The molecule has 0 saturated carbocycles. The number of benzene rings is 1. The highest BCUT2D eigenvalue weighted by Gasteiger charge is 2.23. The molecule has 1 unspecified atom stereocenters. The van der Waals surface area contributed by atoms with Crippen molar-refractivity contribution in [1.29, 1.82) is 0 Å². The van der Waals surface area contributed by atoms with Gasteiger partial charge in [0.15, 0.2) is 0 Å². The van der Waals surface area contributed by atoms with Crippen LogP contribution in [0.1, 0.15) is 37.0 Å². The van der Waals surface area contributed by atoms with Crippen LogP contribution in [0.2, 0.25) is 0 Å². The number of carbonyl (C=O) groups excluding carboxylic acids is 2. The Morgan fingerprint density at radius 2 is 1.96 bits per heavy atom. The highest BCUT2D eigenvalue weighted by molar-refractivity contribution is 5.91. The van der Waals surface area contributed by atoms with Gasteiger partial charge in [0, 0.05) is 10.9 Å². The zero-order chi connectivity index (χ0) is 17.9. The quantitative estimate of drug-likeness (QED) is 0.825. The fraction of sp³-hybridized carbons (Fsp3) is 0.474. The van der Waals surface area contributed by atoms with Crippen molar-refractivity contribution in [3.8, 4) is 0 Å². The number of ether oxygens (including phenoxy) is 1. The van der Waals surface area contributed by atoms with Crippen molar-refractivity contribution in [2.75, 3.05) is 7.11 Å². The maximum absolute atomic E-state index is 12.4. The van der Waals surface area contributed by atoms with Crippen molar-refractivity contribution in [3.63, 3.8) is 0 Å². The van der Waals surface area contributed by atoms with Crippen LogP contribution in [0.15, 0.2) is 22.8 Å². The summed E-state index contributed by atoms with van der Waals surface area (Å²) >= 11 is 0. The average molecular weight is 331 g/mol. The third-order valence-corrected chi connectivity index (χ3v) is 4.22. The summed E-state index contributed by atoms with van der Waals surface area (Å²) in [5.41, 5.74) is 3.85. The highest BCUT2D eigenvalue weighted by atomic mass is 16.5. The molecule has 0 radical (unpaired) electrons. The van der Waals surface area contributed by atoms with Crippen molar-refractivity contribution in [1.82, 2.24) is 5.32 Å². The molecule has 0 saturated heterocycles. The second kappa shape index (κ2) is 7.51. The van der Waals surface area contributed by atoms with Gasteiger partial charge in [0.05, 0.1) is 19.8 Å². The number of esters is 1. The molecule has 0 fully saturated rings. The predicted molar refractivity (Wildman–Crippen MR) is 92.8 cm³/mol. The Balaban J connectivity index is 2.14. The number of fused-ring (bicyclic) bond motifs is 1. The molecule has 2 aromatic rings. The lowest BCUT2D eigenvalue weighted by Gasteiger charge is -2.18. The number of carbonyl (C=O) groups is 2. The van der Waals surface area contributed by atoms with Crippen LogP contribution in [0.25, 0.3) is 11.0 Å². The van der Waals surface area contributed by atoms with Crippen LogP contribution >= 0.6 is 0 Å².